The molecule has 6 nitrogen and oxygen atoms in total. The topological polar surface area (TPSA) is 75.5 Å². The number of benzene rings is 2. The van der Waals surface area contributed by atoms with E-state index in [-0.39, 0.29) is 5.91 Å². The summed E-state index contributed by atoms with van der Waals surface area (Å²) < 4.78 is 10.8. The first-order valence-corrected chi connectivity index (χ1v) is 11.4. The molecule has 5 rings (SSSR count). The molecule has 0 fully saturated rings. The summed E-state index contributed by atoms with van der Waals surface area (Å²) in [7, 11) is 0. The number of hydrogen-bond donors (Lipinski definition) is 1. The fraction of sp³-hybridized carbons (Fsp3) is 0.259. The Morgan fingerprint density at radius 3 is 2.79 bits per heavy atom. The van der Waals surface area contributed by atoms with Crippen LogP contribution in [0.1, 0.15) is 41.8 Å². The molecule has 2 aromatic heterocycles. The number of hydrogen-bond acceptors (Lipinski definition) is 4. The minimum atomic E-state index is -0.543. The lowest BCUT2D eigenvalue weighted by Crippen LogP contribution is -2.35. The van der Waals surface area contributed by atoms with Crippen molar-refractivity contribution < 1.29 is 13.9 Å². The molecule has 2 aromatic carbocycles. The third kappa shape index (κ3) is 3.82. The molecule has 4 aromatic rings. The van der Waals surface area contributed by atoms with E-state index in [1.807, 2.05) is 6.92 Å². The van der Waals surface area contributed by atoms with Crippen LogP contribution in [0.4, 0.5) is 0 Å². The molecule has 1 aliphatic rings. The molecule has 0 bridgehead atoms. The first-order valence-electron chi connectivity index (χ1n) is 11.4. The van der Waals surface area contributed by atoms with E-state index in [9.17, 15) is 9.59 Å². The molecular weight excluding hydrogens is 416 g/mol. The van der Waals surface area contributed by atoms with Gasteiger partial charge in [-0.15, -0.1) is 0 Å². The molecule has 3 heterocycles. The Bertz CT molecular complexity index is 1440. The number of nitrogens with one attached hydrogen (secondary N) is 1. The number of aromatic nitrogens is 1. The van der Waals surface area contributed by atoms with Crippen LogP contribution in [-0.4, -0.2) is 35.5 Å². The van der Waals surface area contributed by atoms with Crippen molar-refractivity contribution >= 4 is 33.4 Å². The second-order valence-corrected chi connectivity index (χ2v) is 8.20. The summed E-state index contributed by atoms with van der Waals surface area (Å²) in [6, 6.07) is 12.9. The van der Waals surface area contributed by atoms with Crippen molar-refractivity contribution in [2.45, 2.75) is 26.7 Å². The minimum Gasteiger partial charge on any atom is -0.494 e. The quantitative estimate of drug-likeness (QED) is 0.433. The summed E-state index contributed by atoms with van der Waals surface area (Å²) >= 11 is 0. The molecule has 168 valence electrons. The Balaban J connectivity index is 1.43. The van der Waals surface area contributed by atoms with Crippen molar-refractivity contribution in [3.63, 3.8) is 0 Å². The van der Waals surface area contributed by atoms with Crippen LogP contribution in [0.5, 0.6) is 5.75 Å². The van der Waals surface area contributed by atoms with E-state index in [1.54, 1.807) is 23.1 Å². The van der Waals surface area contributed by atoms with E-state index in [0.717, 1.165) is 12.8 Å². The van der Waals surface area contributed by atoms with Crippen molar-refractivity contribution in [2.75, 3.05) is 19.7 Å². The molecule has 1 amide bonds. The molecule has 1 N–H and O–H groups in total. The zero-order valence-electron chi connectivity index (χ0n) is 18.8. The van der Waals surface area contributed by atoms with E-state index in [4.69, 9.17) is 9.15 Å². The predicted octanol–water partition coefficient (Wildman–Crippen LogP) is 5.16. The van der Waals surface area contributed by atoms with Crippen LogP contribution >= 0.6 is 0 Å². The Hall–Kier alpha value is -3.80. The lowest BCUT2D eigenvalue weighted by Gasteiger charge is -2.27. The first-order chi connectivity index (χ1) is 16.1. The van der Waals surface area contributed by atoms with Gasteiger partial charge in [-0.05, 0) is 43.0 Å². The van der Waals surface area contributed by atoms with Gasteiger partial charge in [-0.3, -0.25) is 4.79 Å². The number of aryl methyl sites for hydroxylation is 1. The zero-order valence-corrected chi connectivity index (χ0v) is 18.8. The van der Waals surface area contributed by atoms with Gasteiger partial charge in [0, 0.05) is 53.3 Å². The second-order valence-electron chi connectivity index (χ2n) is 8.20. The number of carbonyl (C=O) groups is 1. The Morgan fingerprint density at radius 1 is 1.15 bits per heavy atom. The van der Waals surface area contributed by atoms with Crippen LogP contribution in [-0.2, 0) is 6.42 Å². The summed E-state index contributed by atoms with van der Waals surface area (Å²) in [6.07, 6.45) is 5.91. The average molecular weight is 443 g/mol. The number of fused-ring (bicyclic) bond motifs is 2. The molecule has 0 spiro atoms. The smallest absolute Gasteiger partial charge is 0.337 e. The largest absolute Gasteiger partial charge is 0.494 e. The van der Waals surface area contributed by atoms with E-state index in [0.29, 0.717) is 42.0 Å². The van der Waals surface area contributed by atoms with Gasteiger partial charge in [0.15, 0.2) is 0 Å². The van der Waals surface area contributed by atoms with Crippen molar-refractivity contribution in [3.8, 4) is 5.75 Å². The number of nitrogens with zero attached hydrogens (tertiary/aromatic N) is 1. The maximum absolute atomic E-state index is 13.3. The SMILES string of the molecule is CCOc1ccc2c(C(=O)N3CC=C(c4c[nH]c5c(CC)cccc45)CC3)cc(=O)oc2c1. The summed E-state index contributed by atoms with van der Waals surface area (Å²) in [5.41, 5.74) is 5.09. The van der Waals surface area contributed by atoms with E-state index in [1.165, 1.54) is 33.7 Å². The van der Waals surface area contributed by atoms with E-state index in [2.05, 4.69) is 42.4 Å². The Labute approximate surface area is 191 Å². The van der Waals surface area contributed by atoms with Gasteiger partial charge >= 0.3 is 5.63 Å². The summed E-state index contributed by atoms with van der Waals surface area (Å²) in [5.74, 6) is 0.438. The normalized spacial score (nSPS) is 14.0. The highest BCUT2D eigenvalue weighted by molar-refractivity contribution is 6.06. The molecule has 0 atom stereocenters. The van der Waals surface area contributed by atoms with Gasteiger partial charge in [0.05, 0.1) is 12.2 Å². The molecule has 0 aliphatic carbocycles. The van der Waals surface area contributed by atoms with Crippen LogP contribution in [0.15, 0.2) is 63.9 Å². The van der Waals surface area contributed by atoms with E-state index >= 15 is 0 Å². The Morgan fingerprint density at radius 2 is 2.03 bits per heavy atom. The van der Waals surface area contributed by atoms with Gasteiger partial charge in [0.25, 0.3) is 5.91 Å². The van der Waals surface area contributed by atoms with Crippen molar-refractivity contribution in [3.05, 3.63) is 81.8 Å². The summed E-state index contributed by atoms with van der Waals surface area (Å²) in [4.78, 5) is 30.7. The van der Waals surface area contributed by atoms with Gasteiger partial charge in [0.1, 0.15) is 11.3 Å². The highest BCUT2D eigenvalue weighted by atomic mass is 16.5. The molecule has 0 saturated carbocycles. The number of carbonyl (C=O) groups excluding carboxylic acids is 1. The van der Waals surface area contributed by atoms with Gasteiger partial charge in [0.2, 0.25) is 0 Å². The van der Waals surface area contributed by atoms with Gasteiger partial charge < -0.3 is 19.0 Å². The number of rotatable bonds is 5. The maximum Gasteiger partial charge on any atom is 0.337 e. The molecule has 6 heteroatoms. The standard InChI is InChI=1S/C27H26N2O4/c1-3-17-6-5-7-21-23(16-28-26(17)21)18-10-12-29(13-11-18)27(31)22-15-25(30)33-24-14-19(32-4-2)8-9-20(22)24/h5-10,14-16,28H,3-4,11-13H2,1-2H3. The Kier molecular flexibility index (Phi) is 5.50. The monoisotopic (exact) mass is 442 g/mol. The lowest BCUT2D eigenvalue weighted by atomic mass is 9.97. The molecule has 0 unspecified atom stereocenters. The third-order valence-electron chi connectivity index (χ3n) is 6.28. The first kappa shape index (κ1) is 21.1. The molecule has 0 saturated heterocycles. The fourth-order valence-corrected chi connectivity index (χ4v) is 4.62. The van der Waals surface area contributed by atoms with Crippen LogP contribution < -0.4 is 10.4 Å². The van der Waals surface area contributed by atoms with Crippen LogP contribution in [0, 0.1) is 0 Å². The number of ether oxygens (including phenoxy) is 1. The summed E-state index contributed by atoms with van der Waals surface area (Å²) in [6.45, 7) is 5.63. The number of H-pyrrole nitrogens is 1. The maximum atomic E-state index is 13.3. The molecule has 1 aliphatic heterocycles. The number of amides is 1. The number of para-hydroxylation sites is 1. The molecule has 0 radical (unpaired) electrons. The lowest BCUT2D eigenvalue weighted by molar-refractivity contribution is 0.0774. The molecular formula is C27H26N2O4. The van der Waals surface area contributed by atoms with Crippen LogP contribution in [0.25, 0.3) is 27.4 Å². The van der Waals surface area contributed by atoms with Crippen molar-refractivity contribution in [1.29, 1.82) is 0 Å². The zero-order chi connectivity index (χ0) is 22.9. The highest BCUT2D eigenvalue weighted by Gasteiger charge is 2.23. The van der Waals surface area contributed by atoms with E-state index < -0.39 is 5.63 Å². The minimum absolute atomic E-state index is 0.167. The van der Waals surface area contributed by atoms with Gasteiger partial charge in [-0.2, -0.15) is 0 Å². The van der Waals surface area contributed by atoms with Crippen molar-refractivity contribution in [2.24, 2.45) is 0 Å². The fourth-order valence-electron chi connectivity index (χ4n) is 4.62. The van der Waals surface area contributed by atoms with Gasteiger partial charge in [-0.1, -0.05) is 31.2 Å². The highest BCUT2D eigenvalue weighted by Crippen LogP contribution is 2.32. The van der Waals surface area contributed by atoms with Gasteiger partial charge in [-0.25, -0.2) is 4.79 Å². The second kappa shape index (κ2) is 8.62. The van der Waals surface area contributed by atoms with Crippen molar-refractivity contribution in [1.82, 2.24) is 9.88 Å². The van der Waals surface area contributed by atoms with Crippen LogP contribution in [0.2, 0.25) is 0 Å². The molecule has 33 heavy (non-hydrogen) atoms. The number of aromatic amines is 1. The van der Waals surface area contributed by atoms with Crippen LogP contribution in [0.3, 0.4) is 0 Å². The predicted molar refractivity (Wildman–Crippen MR) is 130 cm³/mol. The third-order valence-corrected chi connectivity index (χ3v) is 6.28. The average Bonchev–Trinajstić information content (AvgIpc) is 3.27. The summed E-state index contributed by atoms with van der Waals surface area (Å²) in [5, 5.41) is 1.83.